The number of amides is 2. The van der Waals surface area contributed by atoms with Gasteiger partial charge in [0.2, 0.25) is 10.0 Å². The number of alkyl carbamates (subject to hydrolysis) is 1. The molecule has 0 bridgehead atoms. The molecule has 0 spiro atoms. The summed E-state index contributed by atoms with van der Waals surface area (Å²) in [5.74, 6) is -0.138. The van der Waals surface area contributed by atoms with Crippen molar-refractivity contribution < 1.29 is 51.5 Å². The largest absolute Gasteiger partial charge is 0.443 e. The first-order valence-electron chi connectivity index (χ1n) is 16.8. The lowest BCUT2D eigenvalue weighted by molar-refractivity contribution is -0.0909. The Morgan fingerprint density at radius 1 is 0.857 bits per heavy atom. The van der Waals surface area contributed by atoms with Crippen LogP contribution in [0.2, 0.25) is 0 Å². The molecule has 0 aliphatic carbocycles. The van der Waals surface area contributed by atoms with Gasteiger partial charge in [-0.2, -0.15) is 4.31 Å². The van der Waals surface area contributed by atoms with Crippen molar-refractivity contribution >= 4 is 27.9 Å². The van der Waals surface area contributed by atoms with Crippen molar-refractivity contribution in [2.75, 3.05) is 44.8 Å². The summed E-state index contributed by atoms with van der Waals surface area (Å²) < 4.78 is 62.5. The maximum absolute atomic E-state index is 14.0. The maximum Gasteiger partial charge on any atom is 0.411 e. The average molecular weight is 704 g/mol. The molecule has 2 aromatic rings. The van der Waals surface area contributed by atoms with Gasteiger partial charge >= 0.3 is 12.2 Å². The number of nitrogens with zero attached hydrogens (tertiary/aromatic N) is 1. The second-order valence-corrected chi connectivity index (χ2v) is 15.2. The lowest BCUT2D eigenvalue weighted by Gasteiger charge is -2.31. The van der Waals surface area contributed by atoms with E-state index < -0.39 is 46.6 Å². The van der Waals surface area contributed by atoms with Crippen molar-refractivity contribution in [1.82, 2.24) is 9.62 Å². The minimum absolute atomic E-state index is 0.00891. The van der Waals surface area contributed by atoms with Crippen molar-refractivity contribution in [3.63, 3.8) is 0 Å². The third-order valence-corrected chi connectivity index (χ3v) is 11.1. The molecule has 14 nitrogen and oxygen atoms in total. The second-order valence-electron chi connectivity index (χ2n) is 13.3. The molecule has 0 radical (unpaired) electrons. The summed E-state index contributed by atoms with van der Waals surface area (Å²) >= 11 is 0. The normalized spacial score (nSPS) is 27.4. The SMILES string of the molecule is CC(C)CN(C[C@@H](O)C(Cc1ccccc1)NC(=O)O[C@H]1CO[C@H]2OCCC21)S(=O)(=O)c1ccc(NC(=O)O[C@@H]2CO[C@@H]3OCCC32)cc1. The second kappa shape index (κ2) is 15.7. The highest BCUT2D eigenvalue weighted by Crippen LogP contribution is 2.34. The van der Waals surface area contributed by atoms with Crippen LogP contribution in [0.15, 0.2) is 59.5 Å². The Bertz CT molecular complexity index is 1530. The highest BCUT2D eigenvalue weighted by atomic mass is 32.2. The summed E-state index contributed by atoms with van der Waals surface area (Å²) in [5, 5.41) is 17.0. The van der Waals surface area contributed by atoms with E-state index in [0.29, 0.717) is 25.3 Å². The molecule has 4 fully saturated rings. The molecule has 4 heterocycles. The first kappa shape index (κ1) is 35.5. The highest BCUT2D eigenvalue weighted by Gasteiger charge is 2.45. The highest BCUT2D eigenvalue weighted by molar-refractivity contribution is 7.89. The molecule has 8 atom stereocenters. The van der Waals surface area contributed by atoms with Gasteiger partial charge in [-0.3, -0.25) is 5.32 Å². The molecule has 4 saturated heterocycles. The Morgan fingerprint density at radius 2 is 1.45 bits per heavy atom. The van der Waals surface area contributed by atoms with E-state index in [4.69, 9.17) is 28.4 Å². The minimum atomic E-state index is -4.10. The first-order valence-corrected chi connectivity index (χ1v) is 18.2. The van der Waals surface area contributed by atoms with Crippen LogP contribution in [0.4, 0.5) is 15.3 Å². The van der Waals surface area contributed by atoms with Crippen LogP contribution in [0, 0.1) is 17.8 Å². The van der Waals surface area contributed by atoms with E-state index in [0.717, 1.165) is 12.0 Å². The van der Waals surface area contributed by atoms with Crippen molar-refractivity contribution in [2.24, 2.45) is 17.8 Å². The number of nitrogens with one attached hydrogen (secondary N) is 2. The Labute approximate surface area is 286 Å². The smallest absolute Gasteiger partial charge is 0.411 e. The van der Waals surface area contributed by atoms with Crippen LogP contribution in [0.25, 0.3) is 0 Å². The zero-order chi connectivity index (χ0) is 34.5. The van der Waals surface area contributed by atoms with Crippen LogP contribution >= 0.6 is 0 Å². The molecule has 49 heavy (non-hydrogen) atoms. The number of aliphatic hydroxyl groups is 1. The fraction of sp³-hybridized carbons (Fsp3) is 0.588. The standard InChI is InChI=1S/C34H45N3O11S/c1-21(2)17-37(49(41,42)24-10-8-23(9-11-24)35-33(39)47-29-19-45-31-25(29)12-14-43-31)18-28(38)27(16-22-6-4-3-5-7-22)36-34(40)48-30-20-46-32-26(30)13-15-44-32/h3-11,21,25-32,38H,12-20H2,1-2H3,(H,35,39)(H,36,40)/t25?,26?,27?,28-,29-,30+,31+,32-/m1/s1. The van der Waals surface area contributed by atoms with Crippen LogP contribution in [0.5, 0.6) is 0 Å². The van der Waals surface area contributed by atoms with E-state index in [1.54, 1.807) is 0 Å². The average Bonchev–Trinajstić information content (AvgIpc) is 3.87. The van der Waals surface area contributed by atoms with Crippen molar-refractivity contribution in [1.29, 1.82) is 0 Å². The van der Waals surface area contributed by atoms with E-state index in [-0.39, 0.29) is 68.0 Å². The van der Waals surface area contributed by atoms with Gasteiger partial charge in [-0.05, 0) is 55.0 Å². The van der Waals surface area contributed by atoms with Gasteiger partial charge in [-0.1, -0.05) is 44.2 Å². The number of ether oxygens (including phenoxy) is 6. The summed E-state index contributed by atoms with van der Waals surface area (Å²) in [4.78, 5) is 25.7. The summed E-state index contributed by atoms with van der Waals surface area (Å²) in [5.41, 5.74) is 1.20. The number of benzene rings is 2. The quantitative estimate of drug-likeness (QED) is 0.280. The van der Waals surface area contributed by atoms with E-state index in [2.05, 4.69) is 10.6 Å². The molecule has 6 rings (SSSR count). The van der Waals surface area contributed by atoms with Gasteiger partial charge in [0.25, 0.3) is 0 Å². The van der Waals surface area contributed by atoms with Gasteiger partial charge < -0.3 is 38.8 Å². The number of sulfonamides is 1. The molecular formula is C34H45N3O11S. The Morgan fingerprint density at radius 3 is 2.04 bits per heavy atom. The molecule has 3 unspecified atom stereocenters. The van der Waals surface area contributed by atoms with Crippen molar-refractivity contribution in [3.8, 4) is 0 Å². The predicted octanol–water partition coefficient (Wildman–Crippen LogP) is 3.10. The van der Waals surface area contributed by atoms with Gasteiger partial charge in [0, 0.05) is 18.8 Å². The summed E-state index contributed by atoms with van der Waals surface area (Å²) in [6, 6.07) is 14.2. The van der Waals surface area contributed by atoms with Crippen molar-refractivity contribution in [3.05, 3.63) is 60.2 Å². The number of carbonyl (C=O) groups is 2. The topological polar surface area (TPSA) is 171 Å². The van der Waals surface area contributed by atoms with E-state index in [1.807, 2.05) is 44.2 Å². The van der Waals surface area contributed by atoms with Gasteiger partial charge in [0.1, 0.15) is 12.2 Å². The monoisotopic (exact) mass is 703 g/mol. The number of hydrogen-bond donors (Lipinski definition) is 3. The van der Waals surface area contributed by atoms with Gasteiger partial charge in [0.15, 0.2) is 12.6 Å². The number of rotatable bonds is 13. The molecule has 3 N–H and O–H groups in total. The summed E-state index contributed by atoms with van der Waals surface area (Å²) in [6.45, 7) is 5.15. The molecule has 15 heteroatoms. The number of fused-ring (bicyclic) bond motifs is 2. The van der Waals surface area contributed by atoms with Crippen molar-refractivity contribution in [2.45, 2.75) is 74.9 Å². The summed E-state index contributed by atoms with van der Waals surface area (Å²) in [6.07, 6.45) is -2.63. The zero-order valence-corrected chi connectivity index (χ0v) is 28.5. The molecule has 0 aromatic heterocycles. The minimum Gasteiger partial charge on any atom is -0.443 e. The third-order valence-electron chi connectivity index (χ3n) is 9.25. The van der Waals surface area contributed by atoms with Gasteiger partial charge in [0.05, 0.1) is 55.3 Å². The predicted molar refractivity (Wildman–Crippen MR) is 175 cm³/mol. The van der Waals surface area contributed by atoms with Crippen LogP contribution in [0.3, 0.4) is 0 Å². The fourth-order valence-corrected chi connectivity index (χ4v) is 8.35. The first-order chi connectivity index (χ1) is 23.6. The molecule has 2 aromatic carbocycles. The molecule has 4 aliphatic heterocycles. The van der Waals surface area contributed by atoms with Crippen LogP contribution in [0.1, 0.15) is 32.3 Å². The number of anilines is 1. The molecule has 268 valence electrons. The van der Waals surface area contributed by atoms with E-state index in [1.165, 1.54) is 28.6 Å². The zero-order valence-electron chi connectivity index (χ0n) is 27.6. The third kappa shape index (κ3) is 8.71. The van der Waals surface area contributed by atoms with Crippen LogP contribution in [-0.2, 0) is 44.9 Å². The number of hydrogen-bond acceptors (Lipinski definition) is 11. The fourth-order valence-electron chi connectivity index (χ4n) is 6.73. The van der Waals surface area contributed by atoms with E-state index in [9.17, 15) is 23.1 Å². The number of aliphatic hydroxyl groups excluding tert-OH is 1. The Kier molecular flexibility index (Phi) is 11.4. The van der Waals surface area contributed by atoms with Crippen LogP contribution < -0.4 is 10.6 Å². The molecular weight excluding hydrogens is 658 g/mol. The summed E-state index contributed by atoms with van der Waals surface area (Å²) in [7, 11) is -4.10. The number of carbonyl (C=O) groups excluding carboxylic acids is 2. The molecule has 4 aliphatic rings. The maximum atomic E-state index is 14.0. The lowest BCUT2D eigenvalue weighted by atomic mass is 10.0. The van der Waals surface area contributed by atoms with Gasteiger partial charge in [-0.15, -0.1) is 0 Å². The Balaban J connectivity index is 1.11. The van der Waals surface area contributed by atoms with Crippen LogP contribution in [-0.4, -0.2) is 106 Å². The Hall–Kier alpha value is -3.31. The van der Waals surface area contributed by atoms with Gasteiger partial charge in [-0.25, -0.2) is 18.0 Å². The van der Waals surface area contributed by atoms with E-state index >= 15 is 0 Å². The lowest BCUT2D eigenvalue weighted by Crippen LogP contribution is -2.51. The molecule has 2 amide bonds. The molecule has 0 saturated carbocycles.